The van der Waals surface area contributed by atoms with E-state index in [4.69, 9.17) is 9.57 Å². The van der Waals surface area contributed by atoms with Crippen LogP contribution in [0.1, 0.15) is 63.9 Å². The standard InChI is InChI=1S/C25H37N3O3/c1-2-23(26-31-19-18-27-16-12-25(10-11-25)13-17-27)21-6-8-22(9-7-21)30-20-24(29)28-14-4-3-5-15-28/h6-9H,2-5,10-20H2,1H3/b26-23+. The lowest BCUT2D eigenvalue weighted by Crippen LogP contribution is -2.38. The average molecular weight is 428 g/mol. The lowest BCUT2D eigenvalue weighted by Gasteiger charge is -2.31. The first-order chi connectivity index (χ1) is 15.2. The van der Waals surface area contributed by atoms with Gasteiger partial charge in [-0.05, 0) is 99.7 Å². The quantitative estimate of drug-likeness (QED) is 0.338. The Bertz CT molecular complexity index is 742. The first kappa shape index (κ1) is 22.1. The number of oxime groups is 1. The van der Waals surface area contributed by atoms with E-state index in [9.17, 15) is 4.79 Å². The van der Waals surface area contributed by atoms with Crippen molar-refractivity contribution in [2.24, 2.45) is 10.6 Å². The first-order valence-electron chi connectivity index (χ1n) is 12.1. The molecule has 3 fully saturated rings. The van der Waals surface area contributed by atoms with Crippen LogP contribution in [0.3, 0.4) is 0 Å². The number of hydrogen-bond acceptors (Lipinski definition) is 5. The van der Waals surface area contributed by atoms with E-state index in [1.165, 1.54) is 45.2 Å². The van der Waals surface area contributed by atoms with Crippen molar-refractivity contribution in [3.05, 3.63) is 29.8 Å². The van der Waals surface area contributed by atoms with Gasteiger partial charge in [0.05, 0.1) is 5.71 Å². The third kappa shape index (κ3) is 6.22. The predicted octanol–water partition coefficient (Wildman–Crippen LogP) is 4.08. The van der Waals surface area contributed by atoms with Gasteiger partial charge in [-0.25, -0.2) is 0 Å². The SMILES string of the molecule is CC/C(=N\OCCN1CCC2(CC1)CC2)c1ccc(OCC(=O)N2CCCCC2)cc1. The van der Waals surface area contributed by atoms with Crippen molar-refractivity contribution < 1.29 is 14.4 Å². The smallest absolute Gasteiger partial charge is 0.260 e. The molecular weight excluding hydrogens is 390 g/mol. The second kappa shape index (κ2) is 10.5. The van der Waals surface area contributed by atoms with E-state index in [2.05, 4.69) is 17.0 Å². The molecule has 1 amide bonds. The van der Waals surface area contributed by atoms with Crippen molar-refractivity contribution >= 4 is 11.6 Å². The van der Waals surface area contributed by atoms with Crippen molar-refractivity contribution in [2.45, 2.75) is 58.3 Å². The Labute approximate surface area is 186 Å². The molecule has 2 heterocycles. The number of likely N-dealkylation sites (tertiary alicyclic amines) is 2. The maximum Gasteiger partial charge on any atom is 0.260 e. The lowest BCUT2D eigenvalue weighted by molar-refractivity contribution is -0.134. The molecule has 4 rings (SSSR count). The molecule has 1 aliphatic carbocycles. The summed E-state index contributed by atoms with van der Waals surface area (Å²) in [5.74, 6) is 0.790. The largest absolute Gasteiger partial charge is 0.484 e. The van der Waals surface area contributed by atoms with Gasteiger partial charge in [0.15, 0.2) is 6.61 Å². The Kier molecular flexibility index (Phi) is 7.49. The van der Waals surface area contributed by atoms with E-state index >= 15 is 0 Å². The molecule has 1 saturated carbocycles. The average Bonchev–Trinajstić information content (AvgIpc) is 3.59. The van der Waals surface area contributed by atoms with Gasteiger partial charge < -0.3 is 14.5 Å². The van der Waals surface area contributed by atoms with E-state index in [0.29, 0.717) is 12.4 Å². The monoisotopic (exact) mass is 427 g/mol. The van der Waals surface area contributed by atoms with Crippen LogP contribution in [0.4, 0.5) is 0 Å². The lowest BCUT2D eigenvalue weighted by atomic mass is 9.94. The first-order valence-corrected chi connectivity index (χ1v) is 12.1. The molecule has 2 aliphatic heterocycles. The van der Waals surface area contributed by atoms with Crippen LogP contribution in [0.25, 0.3) is 0 Å². The Morgan fingerprint density at radius 3 is 2.35 bits per heavy atom. The van der Waals surface area contributed by atoms with Gasteiger partial charge in [0.25, 0.3) is 5.91 Å². The molecule has 0 unspecified atom stereocenters. The molecule has 31 heavy (non-hydrogen) atoms. The summed E-state index contributed by atoms with van der Waals surface area (Å²) in [4.78, 5) is 22.3. The molecule has 0 aromatic heterocycles. The Morgan fingerprint density at radius 1 is 1.00 bits per heavy atom. The maximum atomic E-state index is 12.3. The van der Waals surface area contributed by atoms with Gasteiger partial charge in [-0.3, -0.25) is 9.69 Å². The second-order valence-corrected chi connectivity index (χ2v) is 9.32. The maximum absolute atomic E-state index is 12.3. The molecule has 6 nitrogen and oxygen atoms in total. The summed E-state index contributed by atoms with van der Waals surface area (Å²) in [7, 11) is 0. The summed E-state index contributed by atoms with van der Waals surface area (Å²) in [6.07, 6.45) is 9.82. The molecule has 2 saturated heterocycles. The molecule has 0 radical (unpaired) electrons. The van der Waals surface area contributed by atoms with Crippen LogP contribution in [-0.4, -0.2) is 67.4 Å². The third-order valence-corrected chi connectivity index (χ3v) is 7.14. The van der Waals surface area contributed by atoms with Crippen molar-refractivity contribution in [3.8, 4) is 5.75 Å². The number of benzene rings is 1. The summed E-state index contributed by atoms with van der Waals surface area (Å²) in [5.41, 5.74) is 2.69. The summed E-state index contributed by atoms with van der Waals surface area (Å²) < 4.78 is 5.71. The minimum atomic E-state index is 0.0778. The van der Waals surface area contributed by atoms with Crippen LogP contribution in [0.15, 0.2) is 29.4 Å². The highest BCUT2D eigenvalue weighted by molar-refractivity contribution is 6.00. The molecule has 3 aliphatic rings. The minimum Gasteiger partial charge on any atom is -0.484 e. The van der Waals surface area contributed by atoms with E-state index in [-0.39, 0.29) is 12.5 Å². The fourth-order valence-corrected chi connectivity index (χ4v) is 4.67. The van der Waals surface area contributed by atoms with Gasteiger partial charge in [-0.1, -0.05) is 12.1 Å². The normalized spacial score (nSPS) is 21.2. The molecule has 0 N–H and O–H groups in total. The number of ether oxygens (including phenoxy) is 1. The van der Waals surface area contributed by atoms with Crippen molar-refractivity contribution in [3.63, 3.8) is 0 Å². The van der Waals surface area contributed by atoms with Crippen LogP contribution < -0.4 is 4.74 Å². The Morgan fingerprint density at radius 2 is 1.71 bits per heavy atom. The Balaban J connectivity index is 1.19. The fourth-order valence-electron chi connectivity index (χ4n) is 4.67. The number of piperidine rings is 2. The van der Waals surface area contributed by atoms with Crippen molar-refractivity contribution in [2.75, 3.05) is 45.9 Å². The van der Waals surface area contributed by atoms with E-state index in [0.717, 1.165) is 55.6 Å². The van der Waals surface area contributed by atoms with Gasteiger partial charge in [0.1, 0.15) is 12.4 Å². The van der Waals surface area contributed by atoms with E-state index < -0.39 is 0 Å². The second-order valence-electron chi connectivity index (χ2n) is 9.32. The molecule has 0 atom stereocenters. The van der Waals surface area contributed by atoms with Crippen LogP contribution in [-0.2, 0) is 9.63 Å². The highest BCUT2D eigenvalue weighted by Gasteiger charge is 2.44. The summed E-state index contributed by atoms with van der Waals surface area (Å²) >= 11 is 0. The topological polar surface area (TPSA) is 54.4 Å². The zero-order valence-corrected chi connectivity index (χ0v) is 19.0. The minimum absolute atomic E-state index is 0.0778. The zero-order chi connectivity index (χ0) is 21.5. The van der Waals surface area contributed by atoms with Gasteiger partial charge in [-0.15, -0.1) is 0 Å². The molecule has 6 heteroatoms. The van der Waals surface area contributed by atoms with Crippen LogP contribution in [0.5, 0.6) is 5.75 Å². The highest BCUT2D eigenvalue weighted by Crippen LogP contribution is 2.53. The number of amides is 1. The number of nitrogens with zero attached hydrogens (tertiary/aromatic N) is 3. The number of hydrogen-bond donors (Lipinski definition) is 0. The molecular formula is C25H37N3O3. The van der Waals surface area contributed by atoms with Gasteiger partial charge in [-0.2, -0.15) is 0 Å². The molecule has 1 aromatic carbocycles. The summed E-state index contributed by atoms with van der Waals surface area (Å²) in [6.45, 7) is 7.90. The van der Waals surface area contributed by atoms with Gasteiger partial charge in [0.2, 0.25) is 0 Å². The molecule has 170 valence electrons. The number of carbonyl (C=O) groups excluding carboxylic acids is 1. The van der Waals surface area contributed by atoms with Crippen LogP contribution in [0, 0.1) is 5.41 Å². The van der Waals surface area contributed by atoms with Crippen LogP contribution in [0.2, 0.25) is 0 Å². The fraction of sp³-hybridized carbons (Fsp3) is 0.680. The van der Waals surface area contributed by atoms with Crippen LogP contribution >= 0.6 is 0 Å². The van der Waals surface area contributed by atoms with Crippen molar-refractivity contribution in [1.82, 2.24) is 9.80 Å². The predicted molar refractivity (Wildman–Crippen MR) is 122 cm³/mol. The summed E-state index contributed by atoms with van der Waals surface area (Å²) in [5, 5.41) is 4.39. The third-order valence-electron chi connectivity index (χ3n) is 7.14. The summed E-state index contributed by atoms with van der Waals surface area (Å²) in [6, 6.07) is 7.80. The van der Waals surface area contributed by atoms with Gasteiger partial charge >= 0.3 is 0 Å². The van der Waals surface area contributed by atoms with Crippen molar-refractivity contribution in [1.29, 1.82) is 0 Å². The zero-order valence-electron chi connectivity index (χ0n) is 19.0. The van der Waals surface area contributed by atoms with Gasteiger partial charge in [0, 0.05) is 19.6 Å². The molecule has 1 spiro atoms. The number of rotatable bonds is 9. The van der Waals surface area contributed by atoms with E-state index in [1.807, 2.05) is 29.2 Å². The Hall–Kier alpha value is -2.08. The molecule has 0 bridgehead atoms. The molecule has 1 aromatic rings. The number of carbonyl (C=O) groups is 1. The highest BCUT2D eigenvalue weighted by atomic mass is 16.6. The van der Waals surface area contributed by atoms with E-state index in [1.54, 1.807) is 0 Å².